The van der Waals surface area contributed by atoms with Crippen LogP contribution in [0.15, 0.2) is 52.8 Å². The molecule has 1 aromatic carbocycles. The average molecular weight is 426 g/mol. The van der Waals surface area contributed by atoms with Gasteiger partial charge in [0.2, 0.25) is 0 Å². The Morgan fingerprint density at radius 2 is 1.83 bits per heavy atom. The van der Waals surface area contributed by atoms with Crippen LogP contribution in [-0.2, 0) is 6.54 Å². The number of benzene rings is 1. The molecule has 0 bridgehead atoms. The Morgan fingerprint density at radius 1 is 1.00 bits per heavy atom. The monoisotopic (exact) mass is 425 g/mol. The van der Waals surface area contributed by atoms with Crippen LogP contribution in [0.3, 0.4) is 0 Å². The molecule has 8 heteroatoms. The lowest BCUT2D eigenvalue weighted by Gasteiger charge is -2.36. The number of rotatable bonds is 6. The number of anilines is 1. The van der Waals surface area contributed by atoms with Crippen molar-refractivity contribution < 1.29 is 4.39 Å². The second-order valence-electron chi connectivity index (χ2n) is 7.70. The fraction of sp³-hybridized carbons (Fsp3) is 0.364. The number of piperazine rings is 1. The molecule has 0 radical (unpaired) electrons. The highest BCUT2D eigenvalue weighted by Crippen LogP contribution is 2.31. The van der Waals surface area contributed by atoms with E-state index in [2.05, 4.69) is 44.5 Å². The Morgan fingerprint density at radius 3 is 2.67 bits per heavy atom. The molecule has 1 aliphatic heterocycles. The molecular formula is C22H24FN5OS. The van der Waals surface area contributed by atoms with Crippen LogP contribution in [0.4, 0.5) is 10.1 Å². The summed E-state index contributed by atoms with van der Waals surface area (Å²) in [4.78, 5) is 17.3. The van der Waals surface area contributed by atoms with Crippen molar-refractivity contribution in [3.8, 4) is 0 Å². The summed E-state index contributed by atoms with van der Waals surface area (Å²) >= 11 is 1.79. The van der Waals surface area contributed by atoms with Gasteiger partial charge in [-0.05, 0) is 55.1 Å². The molecule has 1 saturated heterocycles. The Hall–Kier alpha value is -2.71. The van der Waals surface area contributed by atoms with Crippen molar-refractivity contribution in [2.75, 3.05) is 37.6 Å². The maximum absolute atomic E-state index is 13.8. The van der Waals surface area contributed by atoms with Crippen molar-refractivity contribution in [3.63, 3.8) is 0 Å². The quantitative estimate of drug-likeness (QED) is 0.444. The Labute approximate surface area is 177 Å². The third kappa shape index (κ3) is 3.61. The number of fused-ring (bicyclic) bond motifs is 2. The summed E-state index contributed by atoms with van der Waals surface area (Å²) in [6, 6.07) is 11.6. The van der Waals surface area contributed by atoms with Crippen LogP contribution in [0, 0.1) is 5.82 Å². The van der Waals surface area contributed by atoms with Gasteiger partial charge in [-0.1, -0.05) is 6.07 Å². The molecule has 0 saturated carbocycles. The molecule has 0 aliphatic carbocycles. The molecule has 30 heavy (non-hydrogen) atoms. The molecule has 0 amide bonds. The Kier molecular flexibility index (Phi) is 5.26. The third-order valence-corrected chi connectivity index (χ3v) is 6.72. The lowest BCUT2D eigenvalue weighted by molar-refractivity contribution is 0.251. The number of hydrogen-bond donors (Lipinski definition) is 0. The zero-order valence-corrected chi connectivity index (χ0v) is 17.5. The molecule has 3 aromatic heterocycles. The maximum Gasteiger partial charge on any atom is 0.350 e. The third-order valence-electron chi connectivity index (χ3n) is 5.84. The van der Waals surface area contributed by atoms with Crippen molar-refractivity contribution in [1.82, 2.24) is 19.1 Å². The largest absolute Gasteiger partial charge is 0.368 e. The molecule has 0 N–H and O–H groups in total. The number of halogens is 1. The first kappa shape index (κ1) is 19.3. The highest BCUT2D eigenvalue weighted by molar-refractivity contribution is 7.17. The van der Waals surface area contributed by atoms with E-state index >= 15 is 0 Å². The van der Waals surface area contributed by atoms with E-state index in [0.717, 1.165) is 45.6 Å². The second kappa shape index (κ2) is 8.20. The van der Waals surface area contributed by atoms with Gasteiger partial charge >= 0.3 is 5.69 Å². The van der Waals surface area contributed by atoms with Gasteiger partial charge < -0.3 is 4.90 Å². The molecule has 0 unspecified atom stereocenters. The van der Waals surface area contributed by atoms with Gasteiger partial charge in [0, 0.05) is 54.7 Å². The number of pyridine rings is 1. The Bertz CT molecular complexity index is 1220. The first-order valence-corrected chi connectivity index (χ1v) is 11.3. The maximum atomic E-state index is 13.8. The van der Waals surface area contributed by atoms with Crippen LogP contribution >= 0.6 is 11.3 Å². The zero-order chi connectivity index (χ0) is 20.5. The van der Waals surface area contributed by atoms with E-state index in [1.54, 1.807) is 17.5 Å². The van der Waals surface area contributed by atoms with Gasteiger partial charge in [0.1, 0.15) is 0 Å². The Balaban J connectivity index is 1.12. The second-order valence-corrected chi connectivity index (χ2v) is 8.65. The van der Waals surface area contributed by atoms with Crippen LogP contribution in [0.1, 0.15) is 12.8 Å². The van der Waals surface area contributed by atoms with Crippen LogP contribution in [-0.4, -0.2) is 51.8 Å². The molecule has 5 rings (SSSR count). The number of nitrogens with zero attached hydrogens (tertiary/aromatic N) is 5. The van der Waals surface area contributed by atoms with E-state index in [1.165, 1.54) is 37.0 Å². The molecule has 4 aromatic rings. The summed E-state index contributed by atoms with van der Waals surface area (Å²) in [6.45, 7) is 5.66. The van der Waals surface area contributed by atoms with Crippen molar-refractivity contribution in [2.24, 2.45) is 0 Å². The minimum absolute atomic E-state index is 0.0965. The molecule has 1 fully saturated rings. The van der Waals surface area contributed by atoms with Crippen molar-refractivity contribution >= 4 is 32.8 Å². The minimum atomic E-state index is -0.468. The van der Waals surface area contributed by atoms with Gasteiger partial charge in [-0.15, -0.1) is 16.4 Å². The van der Waals surface area contributed by atoms with Crippen molar-refractivity contribution in [3.05, 3.63) is 64.3 Å². The highest BCUT2D eigenvalue weighted by Gasteiger charge is 2.18. The summed E-state index contributed by atoms with van der Waals surface area (Å²) in [5, 5.41) is 7.64. The van der Waals surface area contributed by atoms with Crippen molar-refractivity contribution in [2.45, 2.75) is 19.4 Å². The summed E-state index contributed by atoms with van der Waals surface area (Å²) < 4.78 is 17.8. The number of hydrogen-bond acceptors (Lipinski definition) is 5. The number of thiophene rings is 1. The van der Waals surface area contributed by atoms with E-state index < -0.39 is 5.82 Å². The minimum Gasteiger partial charge on any atom is -0.368 e. The van der Waals surface area contributed by atoms with Gasteiger partial charge in [-0.25, -0.2) is 18.3 Å². The normalized spacial score (nSPS) is 15.4. The topological polar surface area (TPSA) is 45.8 Å². The number of aromatic nitrogens is 3. The van der Waals surface area contributed by atoms with Crippen LogP contribution in [0.2, 0.25) is 0 Å². The summed E-state index contributed by atoms with van der Waals surface area (Å²) in [6.07, 6.45) is 3.39. The van der Waals surface area contributed by atoms with E-state index in [0.29, 0.717) is 6.54 Å². The fourth-order valence-corrected chi connectivity index (χ4v) is 5.02. The summed E-state index contributed by atoms with van der Waals surface area (Å²) in [7, 11) is 0. The SMILES string of the molecule is O=c1n(CCCCN2CCN(c3cccc4sccc34)CC2)nc2c(F)cccn12. The average Bonchev–Trinajstić information content (AvgIpc) is 3.37. The van der Waals surface area contributed by atoms with E-state index in [9.17, 15) is 9.18 Å². The molecule has 6 nitrogen and oxygen atoms in total. The summed E-state index contributed by atoms with van der Waals surface area (Å²) in [5.74, 6) is -0.468. The number of unbranched alkanes of at least 4 members (excludes halogenated alkanes) is 1. The van der Waals surface area contributed by atoms with E-state index in [1.807, 2.05) is 0 Å². The molecule has 4 heterocycles. The van der Waals surface area contributed by atoms with Crippen LogP contribution in [0.25, 0.3) is 15.7 Å². The van der Waals surface area contributed by atoms with E-state index in [4.69, 9.17) is 0 Å². The zero-order valence-electron chi connectivity index (χ0n) is 16.7. The molecule has 1 aliphatic rings. The molecular weight excluding hydrogens is 401 g/mol. The molecule has 156 valence electrons. The smallest absolute Gasteiger partial charge is 0.350 e. The fourth-order valence-electron chi connectivity index (χ4n) is 4.21. The molecule has 0 spiro atoms. The first-order valence-electron chi connectivity index (χ1n) is 10.4. The van der Waals surface area contributed by atoms with Crippen molar-refractivity contribution in [1.29, 1.82) is 0 Å². The first-order chi connectivity index (χ1) is 14.7. The van der Waals surface area contributed by atoms with Gasteiger partial charge in [-0.3, -0.25) is 4.90 Å². The van der Waals surface area contributed by atoms with Gasteiger partial charge in [0.05, 0.1) is 0 Å². The lowest BCUT2D eigenvalue weighted by atomic mass is 10.2. The van der Waals surface area contributed by atoms with E-state index in [-0.39, 0.29) is 11.3 Å². The molecule has 0 atom stereocenters. The van der Waals surface area contributed by atoms with Gasteiger partial charge in [0.15, 0.2) is 11.5 Å². The van der Waals surface area contributed by atoms with Gasteiger partial charge in [-0.2, -0.15) is 0 Å². The van der Waals surface area contributed by atoms with Crippen LogP contribution < -0.4 is 10.6 Å². The standard InChI is InChI=1S/C22H24FN5OS/c23-18-5-4-10-27-21(18)24-28(22(27)29)11-2-1-9-25-12-14-26(15-13-25)19-6-3-7-20-17(19)8-16-30-20/h3-8,10,16H,1-2,9,11-15H2. The predicted molar refractivity (Wildman–Crippen MR) is 119 cm³/mol. The predicted octanol–water partition coefficient (Wildman–Crippen LogP) is 3.45. The summed E-state index contributed by atoms with van der Waals surface area (Å²) in [5.41, 5.74) is 1.16. The number of aryl methyl sites for hydroxylation is 1. The highest BCUT2D eigenvalue weighted by atomic mass is 32.1. The lowest BCUT2D eigenvalue weighted by Crippen LogP contribution is -2.46. The van der Waals surface area contributed by atoms with Crippen LogP contribution in [0.5, 0.6) is 0 Å². The van der Waals surface area contributed by atoms with Gasteiger partial charge in [0.25, 0.3) is 0 Å².